The van der Waals surface area contributed by atoms with Crippen LogP contribution in [0, 0.1) is 18.8 Å². The van der Waals surface area contributed by atoms with Crippen LogP contribution >= 0.6 is 0 Å². The summed E-state index contributed by atoms with van der Waals surface area (Å²) in [5.74, 6) is 0.858. The van der Waals surface area contributed by atoms with Crippen LogP contribution < -0.4 is 15.5 Å². The molecule has 2 amide bonds. The van der Waals surface area contributed by atoms with E-state index in [9.17, 15) is 9.59 Å². The molecule has 3 atom stereocenters. The van der Waals surface area contributed by atoms with E-state index in [2.05, 4.69) is 27.5 Å². The number of carbonyl (C=O) groups excluding carboxylic acids is 2. The number of benzene rings is 1. The molecule has 2 aliphatic rings. The Morgan fingerprint density at radius 1 is 1.26 bits per heavy atom. The molecule has 2 heterocycles. The zero-order valence-electron chi connectivity index (χ0n) is 18.1. The summed E-state index contributed by atoms with van der Waals surface area (Å²) in [6, 6.07) is 7.21. The Hall–Kier alpha value is -3.00. The molecule has 4 rings (SSSR count). The van der Waals surface area contributed by atoms with Gasteiger partial charge in [0, 0.05) is 48.6 Å². The Balaban J connectivity index is 1.78. The number of hydrogen-bond acceptors (Lipinski definition) is 6. The van der Waals surface area contributed by atoms with Crippen molar-refractivity contribution >= 4 is 23.5 Å². The van der Waals surface area contributed by atoms with Crippen molar-refractivity contribution in [3.05, 3.63) is 47.3 Å². The zero-order valence-corrected chi connectivity index (χ0v) is 18.1. The molecule has 8 nitrogen and oxygen atoms in total. The molecule has 3 N–H and O–H groups in total. The van der Waals surface area contributed by atoms with Crippen LogP contribution in [0.4, 0.5) is 11.6 Å². The van der Waals surface area contributed by atoms with E-state index in [1.807, 2.05) is 30.0 Å². The fraction of sp³-hybridized carbons (Fsp3) is 0.478. The van der Waals surface area contributed by atoms with E-state index in [1.54, 1.807) is 19.2 Å². The lowest BCUT2D eigenvalue weighted by molar-refractivity contribution is -0.117. The van der Waals surface area contributed by atoms with Crippen molar-refractivity contribution in [3.8, 4) is 0 Å². The second-order valence-corrected chi connectivity index (χ2v) is 8.47. The highest BCUT2D eigenvalue weighted by molar-refractivity contribution is 5.98. The molecule has 0 unspecified atom stereocenters. The maximum absolute atomic E-state index is 12.7. The Bertz CT molecular complexity index is 991. The number of nitrogens with zero attached hydrogens (tertiary/aromatic N) is 3. The largest absolute Gasteiger partial charge is 0.395 e. The highest BCUT2D eigenvalue weighted by Crippen LogP contribution is 2.50. The highest BCUT2D eigenvalue weighted by atomic mass is 16.3. The summed E-state index contributed by atoms with van der Waals surface area (Å²) in [6.07, 6.45) is 3.95. The average Bonchev–Trinajstić information content (AvgIpc) is 3.58. The number of aromatic nitrogens is 2. The Labute approximate surface area is 182 Å². The second-order valence-electron chi connectivity index (χ2n) is 8.47. The molecule has 1 aliphatic carbocycles. The van der Waals surface area contributed by atoms with Crippen molar-refractivity contribution < 1.29 is 14.7 Å². The number of rotatable bonds is 6. The fourth-order valence-electron chi connectivity index (χ4n) is 4.64. The molecular formula is C23H29N5O3. The highest BCUT2D eigenvalue weighted by Gasteiger charge is 2.47. The van der Waals surface area contributed by atoms with Crippen molar-refractivity contribution in [2.24, 2.45) is 11.8 Å². The normalized spacial score (nSPS) is 22.6. The molecule has 8 heteroatoms. The molecule has 0 radical (unpaired) electrons. The van der Waals surface area contributed by atoms with Gasteiger partial charge in [-0.3, -0.25) is 9.59 Å². The monoisotopic (exact) mass is 423 g/mol. The first-order valence-corrected chi connectivity index (χ1v) is 10.8. The molecule has 1 fully saturated rings. The van der Waals surface area contributed by atoms with Crippen molar-refractivity contribution in [1.29, 1.82) is 0 Å². The smallest absolute Gasteiger partial charge is 0.251 e. The Morgan fingerprint density at radius 3 is 2.68 bits per heavy atom. The number of aliphatic hydroxyl groups excluding tert-OH is 1. The van der Waals surface area contributed by atoms with Crippen LogP contribution in [0.15, 0.2) is 30.5 Å². The van der Waals surface area contributed by atoms with Crippen molar-refractivity contribution in [3.63, 3.8) is 0 Å². The molecule has 1 aromatic heterocycles. The summed E-state index contributed by atoms with van der Waals surface area (Å²) < 4.78 is 0. The van der Waals surface area contributed by atoms with E-state index in [4.69, 9.17) is 5.11 Å². The zero-order chi connectivity index (χ0) is 22.1. The van der Waals surface area contributed by atoms with E-state index in [0.717, 1.165) is 29.8 Å². The molecular weight excluding hydrogens is 394 g/mol. The summed E-state index contributed by atoms with van der Waals surface area (Å²) in [4.78, 5) is 36.0. The lowest BCUT2D eigenvalue weighted by atomic mass is 9.79. The lowest BCUT2D eigenvalue weighted by Gasteiger charge is -2.45. The first-order chi connectivity index (χ1) is 14.9. The van der Waals surface area contributed by atoms with Gasteiger partial charge < -0.3 is 20.6 Å². The summed E-state index contributed by atoms with van der Waals surface area (Å²) in [5.41, 5.74) is 3.06. The van der Waals surface area contributed by atoms with Gasteiger partial charge in [0.2, 0.25) is 11.9 Å². The van der Waals surface area contributed by atoms with Crippen LogP contribution in [0.1, 0.15) is 54.3 Å². The Morgan fingerprint density at radius 2 is 2.03 bits per heavy atom. The molecule has 0 bridgehead atoms. The molecule has 0 saturated heterocycles. The molecule has 0 spiro atoms. The molecule has 164 valence electrons. The van der Waals surface area contributed by atoms with Crippen LogP contribution in [0.3, 0.4) is 0 Å². The third-order valence-electron chi connectivity index (χ3n) is 6.17. The molecule has 2 aromatic rings. The van der Waals surface area contributed by atoms with E-state index >= 15 is 0 Å². The molecule has 1 saturated carbocycles. The maximum atomic E-state index is 12.7. The number of nitrogens with one attached hydrogen (secondary N) is 2. The average molecular weight is 424 g/mol. The summed E-state index contributed by atoms with van der Waals surface area (Å²) in [7, 11) is 0. The van der Waals surface area contributed by atoms with Gasteiger partial charge >= 0.3 is 0 Å². The number of fused-ring (bicyclic) bond motifs is 1. The number of hydrogen-bond donors (Lipinski definition) is 3. The van der Waals surface area contributed by atoms with Gasteiger partial charge in [-0.1, -0.05) is 6.92 Å². The lowest BCUT2D eigenvalue weighted by Crippen LogP contribution is -2.51. The molecule has 31 heavy (non-hydrogen) atoms. The first kappa shape index (κ1) is 21.2. The van der Waals surface area contributed by atoms with Gasteiger partial charge in [-0.2, -0.15) is 0 Å². The third kappa shape index (κ3) is 4.25. The van der Waals surface area contributed by atoms with Crippen LogP contribution in [0.2, 0.25) is 0 Å². The van der Waals surface area contributed by atoms with E-state index < -0.39 is 0 Å². The van der Waals surface area contributed by atoms with Gasteiger partial charge in [-0.15, -0.1) is 0 Å². The maximum Gasteiger partial charge on any atom is 0.251 e. The van der Waals surface area contributed by atoms with E-state index in [1.165, 1.54) is 0 Å². The van der Waals surface area contributed by atoms with E-state index in [-0.39, 0.29) is 43.0 Å². The minimum Gasteiger partial charge on any atom is -0.395 e. The quantitative estimate of drug-likeness (QED) is 0.659. The minimum absolute atomic E-state index is 0.00716. The van der Waals surface area contributed by atoms with Crippen LogP contribution in [0.5, 0.6) is 0 Å². The second kappa shape index (κ2) is 8.63. The van der Waals surface area contributed by atoms with Gasteiger partial charge in [0.05, 0.1) is 12.6 Å². The summed E-state index contributed by atoms with van der Waals surface area (Å²) >= 11 is 0. The molecule has 1 aromatic carbocycles. The van der Waals surface area contributed by atoms with Gasteiger partial charge in [0.1, 0.15) is 0 Å². The molecule has 1 aliphatic heterocycles. The standard InChI is InChI=1S/C23H29N5O3/c1-13-8-9-25-23(26-13)27-20-14(2)21(16-4-5-16)28(15(3)30)19-7-6-17(12-18(19)20)22(31)24-10-11-29/h6-9,12,14,16,20-21,29H,4-5,10-11H2,1-3H3,(H,24,31)(H,25,26,27)/t14-,20-,21-/m1/s1. The van der Waals surface area contributed by atoms with Crippen molar-refractivity contribution in [2.75, 3.05) is 23.4 Å². The minimum atomic E-state index is -0.256. The van der Waals surface area contributed by atoms with Crippen LogP contribution in [-0.2, 0) is 4.79 Å². The third-order valence-corrected chi connectivity index (χ3v) is 6.17. The van der Waals surface area contributed by atoms with Gasteiger partial charge in [0.15, 0.2) is 0 Å². The number of carbonyl (C=O) groups is 2. The van der Waals surface area contributed by atoms with Crippen molar-refractivity contribution in [1.82, 2.24) is 15.3 Å². The number of aryl methyl sites for hydroxylation is 1. The van der Waals surface area contributed by atoms with Gasteiger partial charge in [-0.05, 0) is 55.5 Å². The number of aliphatic hydroxyl groups is 1. The predicted molar refractivity (Wildman–Crippen MR) is 118 cm³/mol. The van der Waals surface area contributed by atoms with Crippen LogP contribution in [-0.4, -0.2) is 46.1 Å². The predicted octanol–water partition coefficient (Wildman–Crippen LogP) is 2.44. The topological polar surface area (TPSA) is 107 Å². The number of anilines is 2. The van der Waals surface area contributed by atoms with Crippen LogP contribution in [0.25, 0.3) is 0 Å². The summed E-state index contributed by atoms with van der Waals surface area (Å²) in [5, 5.41) is 15.2. The van der Waals surface area contributed by atoms with Crippen molar-refractivity contribution in [2.45, 2.75) is 45.7 Å². The summed E-state index contributed by atoms with van der Waals surface area (Å²) in [6.45, 7) is 5.73. The fourth-order valence-corrected chi connectivity index (χ4v) is 4.64. The van der Waals surface area contributed by atoms with Gasteiger partial charge in [-0.25, -0.2) is 9.97 Å². The van der Waals surface area contributed by atoms with Gasteiger partial charge in [0.25, 0.3) is 5.91 Å². The number of amides is 2. The SMILES string of the molecule is CC(=O)N1c2ccc(C(=O)NCCO)cc2[C@H](Nc2nccc(C)n2)[C@@H](C)[C@@H]1C1CC1. The first-order valence-electron chi connectivity index (χ1n) is 10.8. The van der Waals surface area contributed by atoms with E-state index in [0.29, 0.717) is 17.4 Å². The Kier molecular flexibility index (Phi) is 5.91.